The molecule has 0 aliphatic heterocycles. The second-order valence-corrected chi connectivity index (χ2v) is 4.28. The van der Waals surface area contributed by atoms with Crippen LogP contribution in [0.15, 0.2) is 18.2 Å². The van der Waals surface area contributed by atoms with Crippen LogP contribution in [0.1, 0.15) is 11.1 Å². The molecule has 4 heteroatoms. The minimum atomic E-state index is -0.170. The molecule has 0 aliphatic rings. The van der Waals surface area contributed by atoms with Crippen LogP contribution in [0.2, 0.25) is 0 Å². The van der Waals surface area contributed by atoms with E-state index in [9.17, 15) is 4.79 Å². The van der Waals surface area contributed by atoms with Crippen molar-refractivity contribution in [3.63, 3.8) is 0 Å². The molecule has 1 amide bonds. The molecule has 0 saturated heterocycles. The summed E-state index contributed by atoms with van der Waals surface area (Å²) in [6.45, 7) is 2.09. The number of nitrogens with one attached hydrogen (secondary N) is 1. The Morgan fingerprint density at radius 1 is 1.44 bits per heavy atom. The summed E-state index contributed by atoms with van der Waals surface area (Å²) in [5.41, 5.74) is 2.51. The van der Waals surface area contributed by atoms with E-state index in [2.05, 4.69) is 17.2 Å². The van der Waals surface area contributed by atoms with Gasteiger partial charge in [0, 0.05) is 11.3 Å². The highest BCUT2D eigenvalue weighted by Gasteiger charge is 2.06. The van der Waals surface area contributed by atoms with Crippen molar-refractivity contribution in [3.8, 4) is 11.8 Å². The van der Waals surface area contributed by atoms with Crippen molar-refractivity contribution in [1.82, 2.24) is 4.90 Å². The lowest BCUT2D eigenvalue weighted by molar-refractivity contribution is -0.116. The fourth-order valence-corrected chi connectivity index (χ4v) is 1.45. The van der Waals surface area contributed by atoms with E-state index in [-0.39, 0.29) is 12.5 Å². The molecule has 18 heavy (non-hydrogen) atoms. The van der Waals surface area contributed by atoms with Gasteiger partial charge in [-0.05, 0) is 38.7 Å². The Bertz CT molecular complexity index is 484. The SMILES string of the molecule is Cc1ccc(C#CCO)cc1NC(=O)CN(C)C. The van der Waals surface area contributed by atoms with E-state index in [1.807, 2.05) is 39.2 Å². The molecule has 1 rings (SSSR count). The second-order valence-electron chi connectivity index (χ2n) is 4.28. The van der Waals surface area contributed by atoms with E-state index in [0.717, 1.165) is 16.8 Å². The third-order valence-electron chi connectivity index (χ3n) is 2.28. The van der Waals surface area contributed by atoms with Gasteiger partial charge in [0.05, 0.1) is 6.54 Å². The van der Waals surface area contributed by atoms with Crippen molar-refractivity contribution in [1.29, 1.82) is 0 Å². The normalized spacial score (nSPS) is 9.83. The summed E-state index contributed by atoms with van der Waals surface area (Å²) >= 11 is 0. The van der Waals surface area contributed by atoms with E-state index in [0.29, 0.717) is 6.54 Å². The number of benzene rings is 1. The number of nitrogens with zero attached hydrogens (tertiary/aromatic N) is 1. The van der Waals surface area contributed by atoms with Crippen molar-refractivity contribution < 1.29 is 9.90 Å². The summed E-state index contributed by atoms with van der Waals surface area (Å²) in [7, 11) is 3.69. The van der Waals surface area contributed by atoms with Gasteiger partial charge in [0.2, 0.25) is 5.91 Å². The quantitative estimate of drug-likeness (QED) is 0.777. The Labute approximate surface area is 108 Å². The molecule has 1 aromatic rings. The van der Waals surface area contributed by atoms with Gasteiger partial charge in [-0.15, -0.1) is 0 Å². The lowest BCUT2D eigenvalue weighted by atomic mass is 10.1. The van der Waals surface area contributed by atoms with Crippen LogP contribution in [-0.4, -0.2) is 43.2 Å². The van der Waals surface area contributed by atoms with Crippen LogP contribution in [0.5, 0.6) is 0 Å². The predicted molar refractivity (Wildman–Crippen MR) is 72.3 cm³/mol. The molecule has 96 valence electrons. The number of amides is 1. The molecule has 0 radical (unpaired) electrons. The largest absolute Gasteiger partial charge is 0.384 e. The van der Waals surface area contributed by atoms with Gasteiger partial charge in [-0.3, -0.25) is 4.79 Å². The van der Waals surface area contributed by atoms with Crippen molar-refractivity contribution in [2.45, 2.75) is 6.92 Å². The fraction of sp³-hybridized carbons (Fsp3) is 0.357. The number of aliphatic hydroxyl groups is 1. The number of hydrogen-bond acceptors (Lipinski definition) is 3. The predicted octanol–water partition coefficient (Wildman–Crippen LogP) is 0.839. The highest BCUT2D eigenvalue weighted by Crippen LogP contribution is 2.16. The molecule has 0 spiro atoms. The van der Waals surface area contributed by atoms with Gasteiger partial charge in [0.15, 0.2) is 0 Å². The number of anilines is 1. The monoisotopic (exact) mass is 246 g/mol. The first-order chi connectivity index (χ1) is 8.52. The molecule has 0 atom stereocenters. The first-order valence-electron chi connectivity index (χ1n) is 5.68. The van der Waals surface area contributed by atoms with Crippen LogP contribution < -0.4 is 5.32 Å². The topological polar surface area (TPSA) is 52.6 Å². The van der Waals surface area contributed by atoms with E-state index >= 15 is 0 Å². The molecule has 0 aliphatic carbocycles. The van der Waals surface area contributed by atoms with Gasteiger partial charge in [0.1, 0.15) is 6.61 Å². The Balaban J connectivity index is 2.84. The van der Waals surface area contributed by atoms with Crippen LogP contribution in [0, 0.1) is 18.8 Å². The Morgan fingerprint density at radius 2 is 2.17 bits per heavy atom. The van der Waals surface area contributed by atoms with Crippen LogP contribution in [0.25, 0.3) is 0 Å². The minimum Gasteiger partial charge on any atom is -0.384 e. The summed E-state index contributed by atoms with van der Waals surface area (Å²) in [5.74, 6) is 5.34. The van der Waals surface area contributed by atoms with E-state index in [1.54, 1.807) is 4.90 Å². The first-order valence-corrected chi connectivity index (χ1v) is 5.68. The van der Waals surface area contributed by atoms with Crippen LogP contribution in [0.4, 0.5) is 5.69 Å². The molecule has 2 N–H and O–H groups in total. The number of aliphatic hydroxyl groups excluding tert-OH is 1. The summed E-state index contributed by atoms with van der Waals surface area (Å²) in [4.78, 5) is 13.5. The zero-order chi connectivity index (χ0) is 13.5. The van der Waals surface area contributed by atoms with E-state index in [1.165, 1.54) is 0 Å². The lowest BCUT2D eigenvalue weighted by Crippen LogP contribution is -2.27. The molecule has 4 nitrogen and oxygen atoms in total. The Hall–Kier alpha value is -1.83. The third kappa shape index (κ3) is 4.58. The smallest absolute Gasteiger partial charge is 0.238 e. The Morgan fingerprint density at radius 3 is 2.78 bits per heavy atom. The number of aryl methyl sites for hydroxylation is 1. The molecule has 0 fully saturated rings. The van der Waals surface area contributed by atoms with Crippen LogP contribution in [-0.2, 0) is 4.79 Å². The number of hydrogen-bond donors (Lipinski definition) is 2. The minimum absolute atomic E-state index is 0.0598. The zero-order valence-corrected chi connectivity index (χ0v) is 10.9. The van der Waals surface area contributed by atoms with Gasteiger partial charge in [-0.25, -0.2) is 0 Å². The lowest BCUT2D eigenvalue weighted by Gasteiger charge is -2.12. The average Bonchev–Trinajstić information content (AvgIpc) is 2.29. The fourth-order valence-electron chi connectivity index (χ4n) is 1.45. The number of rotatable bonds is 3. The zero-order valence-electron chi connectivity index (χ0n) is 10.9. The molecule has 1 aromatic carbocycles. The van der Waals surface area contributed by atoms with Crippen molar-refractivity contribution in [3.05, 3.63) is 29.3 Å². The van der Waals surface area contributed by atoms with E-state index in [4.69, 9.17) is 5.11 Å². The maximum Gasteiger partial charge on any atom is 0.238 e. The molecular weight excluding hydrogens is 228 g/mol. The maximum atomic E-state index is 11.7. The molecule has 0 aromatic heterocycles. The third-order valence-corrected chi connectivity index (χ3v) is 2.28. The summed E-state index contributed by atoms with van der Waals surface area (Å²) in [6.07, 6.45) is 0. The second kappa shape index (κ2) is 6.80. The summed E-state index contributed by atoms with van der Waals surface area (Å²) < 4.78 is 0. The highest BCUT2D eigenvalue weighted by atomic mass is 16.2. The van der Waals surface area contributed by atoms with Gasteiger partial charge in [0.25, 0.3) is 0 Å². The average molecular weight is 246 g/mol. The maximum absolute atomic E-state index is 11.7. The van der Waals surface area contributed by atoms with Crippen molar-refractivity contribution in [2.24, 2.45) is 0 Å². The number of carbonyl (C=O) groups is 1. The molecular formula is C14H18N2O2. The van der Waals surface area contributed by atoms with Crippen LogP contribution >= 0.6 is 0 Å². The summed E-state index contributed by atoms with van der Waals surface area (Å²) in [5, 5.41) is 11.5. The molecule has 0 bridgehead atoms. The highest BCUT2D eigenvalue weighted by molar-refractivity contribution is 5.93. The standard InChI is InChI=1S/C14H18N2O2/c1-11-6-7-12(5-4-8-17)9-13(11)15-14(18)10-16(2)3/h6-7,9,17H,8,10H2,1-3H3,(H,15,18). The summed E-state index contributed by atoms with van der Waals surface area (Å²) in [6, 6.07) is 5.57. The van der Waals surface area contributed by atoms with Gasteiger partial charge >= 0.3 is 0 Å². The number of carbonyl (C=O) groups excluding carboxylic acids is 1. The van der Waals surface area contributed by atoms with Crippen molar-refractivity contribution in [2.75, 3.05) is 32.6 Å². The van der Waals surface area contributed by atoms with Gasteiger partial charge in [-0.2, -0.15) is 0 Å². The molecule has 0 saturated carbocycles. The van der Waals surface area contributed by atoms with Crippen LogP contribution in [0.3, 0.4) is 0 Å². The van der Waals surface area contributed by atoms with Gasteiger partial charge in [-0.1, -0.05) is 17.9 Å². The van der Waals surface area contributed by atoms with Crippen molar-refractivity contribution >= 4 is 11.6 Å². The van der Waals surface area contributed by atoms with E-state index < -0.39 is 0 Å². The van der Waals surface area contributed by atoms with Gasteiger partial charge < -0.3 is 15.3 Å². The Kier molecular flexibility index (Phi) is 5.37. The number of likely N-dealkylation sites (N-methyl/N-ethyl adjacent to an activating group) is 1. The molecule has 0 unspecified atom stereocenters. The first kappa shape index (κ1) is 14.2. The molecule has 0 heterocycles.